The minimum absolute atomic E-state index is 0.0386. The van der Waals surface area contributed by atoms with Gasteiger partial charge in [-0.25, -0.2) is 9.82 Å². The lowest BCUT2D eigenvalue weighted by Gasteiger charge is -2.00. The van der Waals surface area contributed by atoms with Crippen LogP contribution in [0.1, 0.15) is 31.8 Å². The lowest BCUT2D eigenvalue weighted by molar-refractivity contribution is 0.0954. The highest BCUT2D eigenvalue weighted by Crippen LogP contribution is 2.10. The number of halogens is 1. The van der Waals surface area contributed by atoms with Crippen molar-refractivity contribution >= 4 is 24.0 Å². The van der Waals surface area contributed by atoms with Crippen molar-refractivity contribution in [3.8, 4) is 0 Å². The number of rotatable bonds is 6. The lowest BCUT2D eigenvalue weighted by Crippen LogP contribution is -2.17. The van der Waals surface area contributed by atoms with E-state index in [2.05, 4.69) is 10.5 Å². The molecule has 5 heteroatoms. The van der Waals surface area contributed by atoms with Gasteiger partial charge in [0, 0.05) is 5.56 Å². The Labute approximate surface area is 162 Å². The second-order valence-corrected chi connectivity index (χ2v) is 5.91. The molecule has 0 heterocycles. The first-order chi connectivity index (χ1) is 13.6. The van der Waals surface area contributed by atoms with E-state index in [0.29, 0.717) is 5.56 Å². The van der Waals surface area contributed by atoms with E-state index in [9.17, 15) is 14.0 Å². The standard InChI is InChI=1S/C23H17FN2O2/c24-21-9-5-4-8-20(21)22(27)15-14-17-10-12-18(13-11-17)16-25-26-23(28)19-6-2-1-3-7-19/h1-16H,(H,26,28)/b15-14+,25-16+. The van der Waals surface area contributed by atoms with Crippen molar-refractivity contribution in [3.05, 3.63) is 113 Å². The van der Waals surface area contributed by atoms with Gasteiger partial charge in [0.25, 0.3) is 5.91 Å². The zero-order valence-corrected chi connectivity index (χ0v) is 14.9. The van der Waals surface area contributed by atoms with Crippen molar-refractivity contribution < 1.29 is 14.0 Å². The average molecular weight is 372 g/mol. The molecule has 0 saturated carbocycles. The molecule has 0 atom stereocenters. The molecular weight excluding hydrogens is 355 g/mol. The summed E-state index contributed by atoms with van der Waals surface area (Å²) in [6.07, 6.45) is 4.48. The van der Waals surface area contributed by atoms with E-state index in [1.165, 1.54) is 24.4 Å². The van der Waals surface area contributed by atoms with E-state index in [4.69, 9.17) is 0 Å². The van der Waals surface area contributed by atoms with E-state index in [1.807, 2.05) is 6.07 Å². The predicted octanol–water partition coefficient (Wildman–Crippen LogP) is 4.49. The average Bonchev–Trinajstić information content (AvgIpc) is 2.74. The molecule has 1 amide bonds. The smallest absolute Gasteiger partial charge is 0.271 e. The highest BCUT2D eigenvalue weighted by molar-refractivity contribution is 6.07. The van der Waals surface area contributed by atoms with Crippen molar-refractivity contribution in [2.45, 2.75) is 0 Å². The molecule has 0 fully saturated rings. The Morgan fingerprint density at radius 1 is 0.821 bits per heavy atom. The van der Waals surface area contributed by atoms with Gasteiger partial charge in [0.05, 0.1) is 11.8 Å². The number of carbonyl (C=O) groups is 2. The third-order valence-corrected chi connectivity index (χ3v) is 3.92. The molecule has 138 valence electrons. The Bertz CT molecular complexity index is 1030. The zero-order chi connectivity index (χ0) is 19.8. The maximum Gasteiger partial charge on any atom is 0.271 e. The molecular formula is C23H17FN2O2. The highest BCUT2D eigenvalue weighted by Gasteiger charge is 2.07. The van der Waals surface area contributed by atoms with Crippen LogP contribution in [0.5, 0.6) is 0 Å². The number of carbonyl (C=O) groups excluding carboxylic acids is 2. The minimum atomic E-state index is -0.541. The zero-order valence-electron chi connectivity index (χ0n) is 14.9. The summed E-state index contributed by atoms with van der Waals surface area (Å²) in [5.41, 5.74) is 4.60. The number of benzene rings is 3. The molecule has 0 bridgehead atoms. The number of ketones is 1. The summed E-state index contributed by atoms with van der Waals surface area (Å²) in [5, 5.41) is 3.93. The Kier molecular flexibility index (Phi) is 6.21. The van der Waals surface area contributed by atoms with Gasteiger partial charge in [-0.2, -0.15) is 5.10 Å². The number of nitrogens with zero attached hydrogens (tertiary/aromatic N) is 1. The summed E-state index contributed by atoms with van der Waals surface area (Å²) in [4.78, 5) is 23.9. The van der Waals surface area contributed by atoms with Crippen LogP contribution in [0.25, 0.3) is 6.08 Å². The number of hydrazone groups is 1. The van der Waals surface area contributed by atoms with Crippen molar-refractivity contribution in [2.75, 3.05) is 0 Å². The van der Waals surface area contributed by atoms with E-state index < -0.39 is 11.6 Å². The van der Waals surface area contributed by atoms with Gasteiger partial charge in [-0.15, -0.1) is 0 Å². The molecule has 3 aromatic carbocycles. The third-order valence-electron chi connectivity index (χ3n) is 3.92. The second-order valence-electron chi connectivity index (χ2n) is 5.91. The van der Waals surface area contributed by atoms with Crippen molar-refractivity contribution in [1.29, 1.82) is 0 Å². The SMILES string of the molecule is O=C(N/N=C/c1ccc(/C=C/C(=O)c2ccccc2F)cc1)c1ccccc1. The molecule has 3 aromatic rings. The summed E-state index contributed by atoms with van der Waals surface area (Å²) >= 11 is 0. The molecule has 3 rings (SSSR count). The molecule has 4 nitrogen and oxygen atoms in total. The fourth-order valence-electron chi connectivity index (χ4n) is 2.44. The number of nitrogens with one attached hydrogen (secondary N) is 1. The molecule has 1 N–H and O–H groups in total. The molecule has 0 saturated heterocycles. The molecule has 0 aliphatic heterocycles. The molecule has 0 radical (unpaired) electrons. The van der Waals surface area contributed by atoms with Crippen LogP contribution >= 0.6 is 0 Å². The summed E-state index contributed by atoms with van der Waals surface area (Å²) < 4.78 is 13.6. The molecule has 0 aliphatic carbocycles. The number of amides is 1. The second kappa shape index (κ2) is 9.19. The Morgan fingerprint density at radius 2 is 1.46 bits per heavy atom. The number of allylic oxidation sites excluding steroid dienone is 1. The van der Waals surface area contributed by atoms with Gasteiger partial charge < -0.3 is 0 Å². The molecule has 0 aromatic heterocycles. The topological polar surface area (TPSA) is 58.5 Å². The van der Waals surface area contributed by atoms with Gasteiger partial charge in [0.15, 0.2) is 5.78 Å². The minimum Gasteiger partial charge on any atom is -0.289 e. The maximum atomic E-state index is 13.6. The summed E-state index contributed by atoms with van der Waals surface area (Å²) in [6.45, 7) is 0. The molecule has 0 unspecified atom stereocenters. The number of hydrogen-bond donors (Lipinski definition) is 1. The molecule has 28 heavy (non-hydrogen) atoms. The lowest BCUT2D eigenvalue weighted by atomic mass is 10.1. The van der Waals surface area contributed by atoms with Crippen LogP contribution in [0, 0.1) is 5.82 Å². The summed E-state index contributed by atoms with van der Waals surface area (Å²) in [7, 11) is 0. The first kappa shape index (κ1) is 18.9. The van der Waals surface area contributed by atoms with Crippen LogP contribution in [-0.4, -0.2) is 17.9 Å². The monoisotopic (exact) mass is 372 g/mol. The van der Waals surface area contributed by atoms with Gasteiger partial charge in [0.2, 0.25) is 0 Å². The van der Waals surface area contributed by atoms with E-state index in [0.717, 1.165) is 11.1 Å². The van der Waals surface area contributed by atoms with Crippen molar-refractivity contribution in [3.63, 3.8) is 0 Å². The predicted molar refractivity (Wildman–Crippen MR) is 108 cm³/mol. The molecule has 0 aliphatic rings. The Morgan fingerprint density at radius 3 is 2.18 bits per heavy atom. The van der Waals surface area contributed by atoms with Gasteiger partial charge in [-0.1, -0.05) is 60.7 Å². The van der Waals surface area contributed by atoms with Gasteiger partial charge in [-0.3, -0.25) is 9.59 Å². The first-order valence-corrected chi connectivity index (χ1v) is 8.59. The normalized spacial score (nSPS) is 11.0. The van der Waals surface area contributed by atoms with Gasteiger partial charge in [0.1, 0.15) is 5.82 Å². The van der Waals surface area contributed by atoms with E-state index in [1.54, 1.807) is 66.7 Å². The first-order valence-electron chi connectivity index (χ1n) is 8.59. The van der Waals surface area contributed by atoms with Crippen molar-refractivity contribution in [1.82, 2.24) is 5.43 Å². The number of hydrogen-bond acceptors (Lipinski definition) is 3. The van der Waals surface area contributed by atoms with Crippen LogP contribution in [0.15, 0.2) is 90.0 Å². The van der Waals surface area contributed by atoms with Gasteiger partial charge >= 0.3 is 0 Å². The summed E-state index contributed by atoms with van der Waals surface area (Å²) in [5.74, 6) is -1.23. The highest BCUT2D eigenvalue weighted by atomic mass is 19.1. The fraction of sp³-hybridized carbons (Fsp3) is 0. The maximum absolute atomic E-state index is 13.6. The van der Waals surface area contributed by atoms with Crippen LogP contribution in [0.2, 0.25) is 0 Å². The molecule has 0 spiro atoms. The largest absolute Gasteiger partial charge is 0.289 e. The quantitative estimate of drug-likeness (QED) is 0.300. The van der Waals surface area contributed by atoms with Crippen LogP contribution in [0.4, 0.5) is 4.39 Å². The fourth-order valence-corrected chi connectivity index (χ4v) is 2.44. The third kappa shape index (κ3) is 5.08. The van der Waals surface area contributed by atoms with Crippen LogP contribution in [-0.2, 0) is 0 Å². The van der Waals surface area contributed by atoms with E-state index >= 15 is 0 Å². The van der Waals surface area contributed by atoms with Crippen LogP contribution in [0.3, 0.4) is 0 Å². The van der Waals surface area contributed by atoms with Crippen LogP contribution < -0.4 is 5.43 Å². The van der Waals surface area contributed by atoms with E-state index in [-0.39, 0.29) is 11.5 Å². The van der Waals surface area contributed by atoms with Crippen molar-refractivity contribution in [2.24, 2.45) is 5.10 Å². The van der Waals surface area contributed by atoms with Gasteiger partial charge in [-0.05, 0) is 41.5 Å². The summed E-state index contributed by atoms with van der Waals surface area (Å²) in [6, 6.07) is 21.9. The Hall–Kier alpha value is -3.86. The Balaban J connectivity index is 1.58.